The minimum absolute atomic E-state index is 0.763. The van der Waals surface area contributed by atoms with Crippen LogP contribution in [0.15, 0.2) is 30.5 Å². The third-order valence-electron chi connectivity index (χ3n) is 4.52. The smallest absolute Gasteiger partial charge is 0.0457 e. The van der Waals surface area contributed by atoms with Crippen LogP contribution in [0.5, 0.6) is 0 Å². The molecule has 0 radical (unpaired) electrons. The molecular formula is C17H25N3. The summed E-state index contributed by atoms with van der Waals surface area (Å²) in [6.45, 7) is 6.84. The zero-order valence-corrected chi connectivity index (χ0v) is 12.4. The number of benzene rings is 1. The number of nitrogens with zero attached hydrogens (tertiary/aromatic N) is 1. The Kier molecular flexibility index (Phi) is 4.38. The van der Waals surface area contributed by atoms with Gasteiger partial charge in [0.1, 0.15) is 0 Å². The number of H-pyrrole nitrogens is 1. The second kappa shape index (κ2) is 6.42. The van der Waals surface area contributed by atoms with E-state index in [1.165, 1.54) is 48.8 Å². The zero-order valence-electron chi connectivity index (χ0n) is 12.4. The van der Waals surface area contributed by atoms with Gasteiger partial charge in [-0.15, -0.1) is 0 Å². The Morgan fingerprint density at radius 1 is 1.30 bits per heavy atom. The van der Waals surface area contributed by atoms with Crippen LogP contribution in [0.4, 0.5) is 0 Å². The maximum Gasteiger partial charge on any atom is 0.0457 e. The Bertz CT molecular complexity index is 546. The second-order valence-electron chi connectivity index (χ2n) is 5.91. The van der Waals surface area contributed by atoms with Gasteiger partial charge in [0, 0.05) is 42.8 Å². The molecule has 108 valence electrons. The molecule has 20 heavy (non-hydrogen) atoms. The highest BCUT2D eigenvalue weighted by Gasteiger charge is 2.16. The van der Waals surface area contributed by atoms with Crippen molar-refractivity contribution in [3.05, 3.63) is 36.0 Å². The lowest BCUT2D eigenvalue weighted by Crippen LogP contribution is -2.41. The molecule has 1 aromatic heterocycles. The van der Waals surface area contributed by atoms with Crippen LogP contribution in [0.2, 0.25) is 0 Å². The number of likely N-dealkylation sites (tertiary alicyclic amines) is 1. The quantitative estimate of drug-likeness (QED) is 0.819. The second-order valence-corrected chi connectivity index (χ2v) is 5.91. The molecule has 2 N–H and O–H groups in total. The standard InChI is InChI=1S/C17H25N3/c1-14-5-2-3-11-20(14)12-10-18-13-15-6-4-7-17-16(15)8-9-19-17/h4,6-9,14,18-19H,2-3,5,10-13H2,1H3. The van der Waals surface area contributed by atoms with Crippen molar-refractivity contribution >= 4 is 10.9 Å². The van der Waals surface area contributed by atoms with Crippen molar-refractivity contribution in [2.45, 2.75) is 38.8 Å². The fourth-order valence-electron chi connectivity index (χ4n) is 3.24. The SMILES string of the molecule is CC1CCCCN1CCNCc1cccc2[nH]ccc12. The molecular weight excluding hydrogens is 246 g/mol. The molecule has 2 aromatic rings. The third-order valence-corrected chi connectivity index (χ3v) is 4.52. The fraction of sp³-hybridized carbons (Fsp3) is 0.529. The van der Waals surface area contributed by atoms with Gasteiger partial charge in [-0.3, -0.25) is 4.90 Å². The zero-order chi connectivity index (χ0) is 13.8. The van der Waals surface area contributed by atoms with Crippen molar-refractivity contribution in [1.82, 2.24) is 15.2 Å². The van der Waals surface area contributed by atoms with Gasteiger partial charge < -0.3 is 10.3 Å². The topological polar surface area (TPSA) is 31.1 Å². The number of aromatic nitrogens is 1. The van der Waals surface area contributed by atoms with E-state index in [1.807, 2.05) is 6.20 Å². The van der Waals surface area contributed by atoms with E-state index in [9.17, 15) is 0 Å². The summed E-state index contributed by atoms with van der Waals surface area (Å²) in [5.41, 5.74) is 2.62. The molecule has 0 bridgehead atoms. The fourth-order valence-corrected chi connectivity index (χ4v) is 3.24. The highest BCUT2D eigenvalue weighted by Crippen LogP contribution is 2.17. The molecule has 1 fully saturated rings. The Balaban J connectivity index is 1.49. The average molecular weight is 271 g/mol. The van der Waals surface area contributed by atoms with Gasteiger partial charge >= 0.3 is 0 Å². The summed E-state index contributed by atoms with van der Waals surface area (Å²) in [5.74, 6) is 0. The van der Waals surface area contributed by atoms with Crippen molar-refractivity contribution in [3.8, 4) is 0 Å². The van der Waals surface area contributed by atoms with E-state index in [0.29, 0.717) is 0 Å². The Morgan fingerprint density at radius 3 is 3.15 bits per heavy atom. The summed E-state index contributed by atoms with van der Waals surface area (Å²) in [7, 11) is 0. The minimum Gasteiger partial charge on any atom is -0.361 e. The number of hydrogen-bond donors (Lipinski definition) is 2. The largest absolute Gasteiger partial charge is 0.361 e. The number of rotatable bonds is 5. The van der Waals surface area contributed by atoms with E-state index in [2.05, 4.69) is 46.4 Å². The van der Waals surface area contributed by atoms with Gasteiger partial charge in [0.05, 0.1) is 0 Å². The van der Waals surface area contributed by atoms with Gasteiger partial charge in [-0.25, -0.2) is 0 Å². The first-order chi connectivity index (χ1) is 9.84. The van der Waals surface area contributed by atoms with E-state index >= 15 is 0 Å². The normalized spacial score (nSPS) is 20.6. The molecule has 1 saturated heterocycles. The molecule has 0 amide bonds. The van der Waals surface area contributed by atoms with Crippen LogP contribution in [0, 0.1) is 0 Å². The summed E-state index contributed by atoms with van der Waals surface area (Å²) in [5, 5.41) is 4.94. The van der Waals surface area contributed by atoms with Crippen molar-refractivity contribution in [2.75, 3.05) is 19.6 Å². The van der Waals surface area contributed by atoms with Crippen LogP contribution in [0.1, 0.15) is 31.7 Å². The van der Waals surface area contributed by atoms with Crippen LogP contribution in [-0.2, 0) is 6.54 Å². The first-order valence-corrected chi connectivity index (χ1v) is 7.84. The molecule has 0 aliphatic carbocycles. The molecule has 2 heterocycles. The highest BCUT2D eigenvalue weighted by molar-refractivity contribution is 5.82. The maximum atomic E-state index is 3.60. The number of nitrogens with one attached hydrogen (secondary N) is 2. The van der Waals surface area contributed by atoms with Crippen LogP contribution in [-0.4, -0.2) is 35.6 Å². The van der Waals surface area contributed by atoms with E-state index in [0.717, 1.165) is 19.1 Å². The lowest BCUT2D eigenvalue weighted by atomic mass is 10.0. The maximum absolute atomic E-state index is 3.60. The number of fused-ring (bicyclic) bond motifs is 1. The van der Waals surface area contributed by atoms with Crippen molar-refractivity contribution < 1.29 is 0 Å². The summed E-state index contributed by atoms with van der Waals surface area (Å²) in [4.78, 5) is 5.89. The monoisotopic (exact) mass is 271 g/mol. The van der Waals surface area contributed by atoms with Gasteiger partial charge in [-0.2, -0.15) is 0 Å². The van der Waals surface area contributed by atoms with Gasteiger partial charge in [0.25, 0.3) is 0 Å². The number of aromatic amines is 1. The third kappa shape index (κ3) is 3.05. The molecule has 3 nitrogen and oxygen atoms in total. The summed E-state index contributed by atoms with van der Waals surface area (Å²) in [6, 6.07) is 9.40. The molecule has 1 aromatic carbocycles. The summed E-state index contributed by atoms with van der Waals surface area (Å²) < 4.78 is 0. The van der Waals surface area contributed by atoms with Gasteiger partial charge in [0.15, 0.2) is 0 Å². The molecule has 0 spiro atoms. The Hall–Kier alpha value is -1.32. The lowest BCUT2D eigenvalue weighted by Gasteiger charge is -2.33. The molecule has 0 saturated carbocycles. The van der Waals surface area contributed by atoms with Crippen LogP contribution >= 0.6 is 0 Å². The average Bonchev–Trinajstić information content (AvgIpc) is 2.94. The van der Waals surface area contributed by atoms with Gasteiger partial charge in [-0.1, -0.05) is 18.6 Å². The van der Waals surface area contributed by atoms with Gasteiger partial charge in [-0.05, 0) is 44.0 Å². The minimum atomic E-state index is 0.763. The van der Waals surface area contributed by atoms with E-state index in [4.69, 9.17) is 0 Å². The van der Waals surface area contributed by atoms with Crippen LogP contribution in [0.25, 0.3) is 10.9 Å². The molecule has 1 aliphatic heterocycles. The van der Waals surface area contributed by atoms with Crippen molar-refractivity contribution in [3.63, 3.8) is 0 Å². The predicted octanol–water partition coefficient (Wildman–Crippen LogP) is 3.13. The molecule has 3 heteroatoms. The Labute approximate surface area is 121 Å². The van der Waals surface area contributed by atoms with Crippen LogP contribution < -0.4 is 5.32 Å². The van der Waals surface area contributed by atoms with Crippen molar-refractivity contribution in [2.24, 2.45) is 0 Å². The molecule has 3 rings (SSSR count). The summed E-state index contributed by atoms with van der Waals surface area (Å²) >= 11 is 0. The number of piperidine rings is 1. The van der Waals surface area contributed by atoms with E-state index in [-0.39, 0.29) is 0 Å². The first kappa shape index (κ1) is 13.7. The number of hydrogen-bond acceptors (Lipinski definition) is 2. The molecule has 1 unspecified atom stereocenters. The highest BCUT2D eigenvalue weighted by atomic mass is 15.2. The van der Waals surface area contributed by atoms with Crippen molar-refractivity contribution in [1.29, 1.82) is 0 Å². The van der Waals surface area contributed by atoms with E-state index < -0.39 is 0 Å². The molecule has 1 atom stereocenters. The molecule has 1 aliphatic rings. The van der Waals surface area contributed by atoms with E-state index in [1.54, 1.807) is 0 Å². The summed E-state index contributed by atoms with van der Waals surface area (Å²) in [6.07, 6.45) is 6.15. The van der Waals surface area contributed by atoms with Gasteiger partial charge in [0.2, 0.25) is 0 Å². The predicted molar refractivity (Wildman–Crippen MR) is 84.9 cm³/mol. The van der Waals surface area contributed by atoms with Crippen LogP contribution in [0.3, 0.4) is 0 Å². The lowest BCUT2D eigenvalue weighted by molar-refractivity contribution is 0.161. The first-order valence-electron chi connectivity index (χ1n) is 7.84. The Morgan fingerprint density at radius 2 is 2.25 bits per heavy atom.